The fourth-order valence-electron chi connectivity index (χ4n) is 3.11. The van der Waals surface area contributed by atoms with E-state index < -0.39 is 11.6 Å². The first-order chi connectivity index (χ1) is 8.48. The molecule has 100 valence electrons. The van der Waals surface area contributed by atoms with Gasteiger partial charge in [0.25, 0.3) is 0 Å². The van der Waals surface area contributed by atoms with Gasteiger partial charge in [0.1, 0.15) is 0 Å². The maximum absolute atomic E-state index is 13.4. The molecule has 0 saturated heterocycles. The summed E-state index contributed by atoms with van der Waals surface area (Å²) in [5, 5.41) is 3.51. The summed E-state index contributed by atoms with van der Waals surface area (Å²) >= 11 is 6.07. The minimum Gasteiger partial charge on any atom is -0.312 e. The molecule has 0 aromatic heterocycles. The predicted octanol–water partition coefficient (Wildman–Crippen LogP) is 4.46. The Kier molecular flexibility index (Phi) is 3.93. The molecule has 0 aliphatic heterocycles. The molecule has 0 heterocycles. The summed E-state index contributed by atoms with van der Waals surface area (Å²) < 4.78 is 26.5. The van der Waals surface area contributed by atoms with Gasteiger partial charge in [0, 0.05) is 11.1 Å². The molecule has 0 spiro atoms. The molecule has 2 rings (SSSR count). The monoisotopic (exact) mass is 273 g/mol. The number of halogens is 3. The fourth-order valence-corrected chi connectivity index (χ4v) is 3.37. The molecule has 1 aliphatic rings. The molecule has 1 atom stereocenters. The zero-order valence-electron chi connectivity index (χ0n) is 10.7. The van der Waals surface area contributed by atoms with Crippen molar-refractivity contribution in [2.24, 2.45) is 5.41 Å². The van der Waals surface area contributed by atoms with Crippen molar-refractivity contribution in [1.29, 1.82) is 0 Å². The lowest BCUT2D eigenvalue weighted by molar-refractivity contribution is 0.233. The molecule has 1 unspecified atom stereocenters. The van der Waals surface area contributed by atoms with E-state index in [1.165, 1.54) is 18.9 Å². The maximum atomic E-state index is 13.4. The van der Waals surface area contributed by atoms with Crippen molar-refractivity contribution < 1.29 is 8.78 Å². The molecule has 0 bridgehead atoms. The first-order valence-corrected chi connectivity index (χ1v) is 6.67. The molecular formula is C14H18ClF2N. The topological polar surface area (TPSA) is 12.0 Å². The first-order valence-electron chi connectivity index (χ1n) is 6.29. The summed E-state index contributed by atoms with van der Waals surface area (Å²) in [6.07, 6.45) is 4.51. The van der Waals surface area contributed by atoms with Crippen LogP contribution in [0.15, 0.2) is 12.1 Å². The summed E-state index contributed by atoms with van der Waals surface area (Å²) in [5.74, 6) is -1.73. The highest BCUT2D eigenvalue weighted by Crippen LogP contribution is 2.48. The zero-order chi connectivity index (χ0) is 13.3. The van der Waals surface area contributed by atoms with Gasteiger partial charge in [-0.3, -0.25) is 0 Å². The second-order valence-electron chi connectivity index (χ2n) is 5.37. The van der Waals surface area contributed by atoms with Crippen molar-refractivity contribution in [2.45, 2.75) is 38.6 Å². The minimum absolute atomic E-state index is 0.0393. The van der Waals surface area contributed by atoms with E-state index in [0.717, 1.165) is 18.9 Å². The lowest BCUT2D eigenvalue weighted by Crippen LogP contribution is -2.32. The van der Waals surface area contributed by atoms with Gasteiger partial charge in [0.2, 0.25) is 0 Å². The van der Waals surface area contributed by atoms with Crippen LogP contribution in [-0.2, 0) is 0 Å². The van der Waals surface area contributed by atoms with Crippen LogP contribution in [-0.4, -0.2) is 7.05 Å². The Morgan fingerprint density at radius 3 is 2.33 bits per heavy atom. The predicted molar refractivity (Wildman–Crippen MR) is 69.7 cm³/mol. The number of nitrogens with one attached hydrogen (secondary N) is 1. The molecule has 1 aliphatic carbocycles. The molecule has 4 heteroatoms. The van der Waals surface area contributed by atoms with Crippen LogP contribution in [0.25, 0.3) is 0 Å². The molecule has 1 nitrogen and oxygen atoms in total. The average Bonchev–Trinajstić information content (AvgIpc) is 2.74. The fraction of sp³-hybridized carbons (Fsp3) is 0.571. The molecular weight excluding hydrogens is 256 g/mol. The number of rotatable bonds is 3. The Hall–Kier alpha value is -0.670. The van der Waals surface area contributed by atoms with Crippen molar-refractivity contribution in [3.63, 3.8) is 0 Å². The standard InChI is InChI=1S/C14H18ClF2N/c1-14(5-3-4-6-14)13(18-2)9-7-11(16)12(17)8-10(9)15/h7-8,13,18H,3-6H2,1-2H3. The van der Waals surface area contributed by atoms with Gasteiger partial charge in [-0.2, -0.15) is 0 Å². The van der Waals surface area contributed by atoms with E-state index in [2.05, 4.69) is 12.2 Å². The largest absolute Gasteiger partial charge is 0.312 e. The van der Waals surface area contributed by atoms with Crippen LogP contribution < -0.4 is 5.32 Å². The normalized spacial score (nSPS) is 20.1. The van der Waals surface area contributed by atoms with Crippen LogP contribution in [0.4, 0.5) is 8.78 Å². The van der Waals surface area contributed by atoms with Crippen LogP contribution in [0.5, 0.6) is 0 Å². The summed E-state index contributed by atoms with van der Waals surface area (Å²) in [5.41, 5.74) is 0.713. The van der Waals surface area contributed by atoms with Crippen molar-refractivity contribution in [3.8, 4) is 0 Å². The molecule has 0 amide bonds. The molecule has 18 heavy (non-hydrogen) atoms. The molecule has 1 N–H and O–H groups in total. The van der Waals surface area contributed by atoms with Crippen molar-refractivity contribution >= 4 is 11.6 Å². The highest BCUT2D eigenvalue weighted by molar-refractivity contribution is 6.31. The van der Waals surface area contributed by atoms with Crippen molar-refractivity contribution in [2.75, 3.05) is 7.05 Å². The van der Waals surface area contributed by atoms with E-state index >= 15 is 0 Å². The highest BCUT2D eigenvalue weighted by atomic mass is 35.5. The third-order valence-electron chi connectivity index (χ3n) is 4.08. The second kappa shape index (κ2) is 5.14. The molecule has 1 fully saturated rings. The third kappa shape index (κ3) is 2.39. The van der Waals surface area contributed by atoms with Gasteiger partial charge < -0.3 is 5.32 Å². The van der Waals surface area contributed by atoms with Gasteiger partial charge >= 0.3 is 0 Å². The highest BCUT2D eigenvalue weighted by Gasteiger charge is 2.38. The smallest absolute Gasteiger partial charge is 0.160 e. The maximum Gasteiger partial charge on any atom is 0.160 e. The molecule has 1 saturated carbocycles. The third-order valence-corrected chi connectivity index (χ3v) is 4.41. The summed E-state index contributed by atoms with van der Waals surface area (Å²) in [6, 6.07) is 2.25. The van der Waals surface area contributed by atoms with Gasteiger partial charge in [-0.25, -0.2) is 8.78 Å². The Morgan fingerprint density at radius 1 is 1.22 bits per heavy atom. The van der Waals surface area contributed by atoms with Crippen LogP contribution in [0.3, 0.4) is 0 Å². The SMILES string of the molecule is CNC(c1cc(F)c(F)cc1Cl)C1(C)CCCC1. The summed E-state index contributed by atoms with van der Waals surface area (Å²) in [7, 11) is 1.84. The van der Waals surface area contributed by atoms with Crippen LogP contribution >= 0.6 is 11.6 Å². The van der Waals surface area contributed by atoms with Crippen molar-refractivity contribution in [1.82, 2.24) is 5.32 Å². The lowest BCUT2D eigenvalue weighted by Gasteiger charge is -2.35. The van der Waals surface area contributed by atoms with Crippen LogP contribution in [0.1, 0.15) is 44.2 Å². The lowest BCUT2D eigenvalue weighted by atomic mass is 9.77. The number of hydrogen-bond acceptors (Lipinski definition) is 1. The van der Waals surface area contributed by atoms with E-state index in [4.69, 9.17) is 11.6 Å². The molecule has 0 radical (unpaired) electrons. The first kappa shape index (κ1) is 13.8. The van der Waals surface area contributed by atoms with Gasteiger partial charge in [0.05, 0.1) is 0 Å². The Labute approximate surface area is 112 Å². The van der Waals surface area contributed by atoms with Crippen LogP contribution in [0, 0.1) is 17.0 Å². The van der Waals surface area contributed by atoms with E-state index in [-0.39, 0.29) is 11.5 Å². The van der Waals surface area contributed by atoms with Crippen LogP contribution in [0.2, 0.25) is 5.02 Å². The Bertz CT molecular complexity index is 442. The van der Waals surface area contributed by atoms with Gasteiger partial charge in [0.15, 0.2) is 11.6 Å². The minimum atomic E-state index is -0.893. The van der Waals surface area contributed by atoms with E-state index in [1.54, 1.807) is 0 Å². The Morgan fingerprint density at radius 2 is 1.78 bits per heavy atom. The van der Waals surface area contributed by atoms with Gasteiger partial charge in [-0.1, -0.05) is 31.4 Å². The van der Waals surface area contributed by atoms with E-state index in [9.17, 15) is 8.78 Å². The Balaban J connectivity index is 2.41. The van der Waals surface area contributed by atoms with Gasteiger partial charge in [-0.15, -0.1) is 0 Å². The molecule has 1 aromatic rings. The summed E-state index contributed by atoms with van der Waals surface area (Å²) in [4.78, 5) is 0. The quantitative estimate of drug-likeness (QED) is 0.802. The number of benzene rings is 1. The number of hydrogen-bond donors (Lipinski definition) is 1. The van der Waals surface area contributed by atoms with Crippen molar-refractivity contribution in [3.05, 3.63) is 34.4 Å². The molecule has 1 aromatic carbocycles. The second-order valence-corrected chi connectivity index (χ2v) is 5.78. The average molecular weight is 274 g/mol. The summed E-state index contributed by atoms with van der Waals surface area (Å²) in [6.45, 7) is 2.18. The van der Waals surface area contributed by atoms with E-state index in [0.29, 0.717) is 10.6 Å². The zero-order valence-corrected chi connectivity index (χ0v) is 11.5. The van der Waals surface area contributed by atoms with E-state index in [1.807, 2.05) is 7.05 Å². The van der Waals surface area contributed by atoms with Gasteiger partial charge in [-0.05, 0) is 43.0 Å².